The maximum absolute atomic E-state index is 2.46. The van der Waals surface area contributed by atoms with E-state index in [9.17, 15) is 0 Å². The molecule has 0 unspecified atom stereocenters. The molecule has 0 fully saturated rings. The molecule has 2 nitrogen and oxygen atoms in total. The van der Waals surface area contributed by atoms with Crippen molar-refractivity contribution in [2.24, 2.45) is 0 Å². The zero-order chi connectivity index (χ0) is 35.3. The van der Waals surface area contributed by atoms with E-state index in [0.717, 1.165) is 11.4 Å². The highest BCUT2D eigenvalue weighted by Crippen LogP contribution is 2.50. The molecule has 1 aliphatic rings. The molecule has 0 radical (unpaired) electrons. The Morgan fingerprint density at radius 2 is 0.868 bits per heavy atom. The normalized spacial score (nSPS) is 13.2. The minimum atomic E-state index is -0.0408. The summed E-state index contributed by atoms with van der Waals surface area (Å²) in [6.45, 7) is 4.71. The summed E-state index contributed by atoms with van der Waals surface area (Å²) in [6, 6.07) is 67.0. The lowest BCUT2D eigenvalue weighted by Gasteiger charge is -2.22. The molecular weight excluding hydrogens is 641 g/mol. The van der Waals surface area contributed by atoms with Crippen molar-refractivity contribution in [3.8, 4) is 44.8 Å². The van der Waals surface area contributed by atoms with Gasteiger partial charge in [0.2, 0.25) is 0 Å². The molecule has 11 rings (SSSR count). The Morgan fingerprint density at radius 1 is 0.340 bits per heavy atom. The van der Waals surface area contributed by atoms with Crippen LogP contribution in [-0.4, -0.2) is 9.13 Å². The summed E-state index contributed by atoms with van der Waals surface area (Å²) in [4.78, 5) is 0. The van der Waals surface area contributed by atoms with Crippen LogP contribution in [-0.2, 0) is 5.41 Å². The van der Waals surface area contributed by atoms with Crippen LogP contribution in [0.5, 0.6) is 0 Å². The van der Waals surface area contributed by atoms with Crippen molar-refractivity contribution in [3.63, 3.8) is 0 Å². The molecule has 0 N–H and O–H groups in total. The molecule has 2 heteroatoms. The summed E-state index contributed by atoms with van der Waals surface area (Å²) in [7, 11) is 0. The van der Waals surface area contributed by atoms with E-state index in [-0.39, 0.29) is 5.41 Å². The van der Waals surface area contributed by atoms with E-state index in [1.54, 1.807) is 0 Å². The monoisotopic (exact) mass is 676 g/mol. The van der Waals surface area contributed by atoms with Crippen molar-refractivity contribution < 1.29 is 0 Å². The van der Waals surface area contributed by atoms with Crippen molar-refractivity contribution in [1.29, 1.82) is 0 Å². The Labute approximate surface area is 308 Å². The first-order valence-corrected chi connectivity index (χ1v) is 18.5. The number of para-hydroxylation sites is 2. The summed E-state index contributed by atoms with van der Waals surface area (Å²) in [6.07, 6.45) is 0. The summed E-state index contributed by atoms with van der Waals surface area (Å²) < 4.78 is 4.89. The Bertz CT molecular complexity index is 3060. The first kappa shape index (κ1) is 30.0. The molecule has 10 aromatic rings. The highest BCUT2D eigenvalue weighted by molar-refractivity contribution is 6.28. The molecule has 0 spiro atoms. The van der Waals surface area contributed by atoms with Gasteiger partial charge in [-0.3, -0.25) is 0 Å². The number of nitrogens with zero attached hydrogens (tertiary/aromatic N) is 2. The van der Waals surface area contributed by atoms with Gasteiger partial charge in [-0.2, -0.15) is 0 Å². The minimum Gasteiger partial charge on any atom is -0.309 e. The zero-order valence-electron chi connectivity index (χ0n) is 29.7. The highest BCUT2D eigenvalue weighted by atomic mass is 15.0. The van der Waals surface area contributed by atoms with Gasteiger partial charge in [0.05, 0.1) is 22.1 Å². The standard InChI is InChI=1S/C51H36N2/c1-51(2)43-20-9-6-17-39(43)40-28-25-36(32-44(40)51)35-15-12-16-38(31-35)53-46-22-11-8-19-42(46)50-48(53)30-29-47-49(50)41-18-7-10-21-45(41)52(47)37-26-23-34(24-27-37)33-13-4-3-5-14-33/h3-32H,1-2H3. The molecule has 1 aliphatic carbocycles. The largest absolute Gasteiger partial charge is 0.309 e. The van der Waals surface area contributed by atoms with E-state index in [4.69, 9.17) is 0 Å². The van der Waals surface area contributed by atoms with E-state index in [2.05, 4.69) is 205 Å². The second-order valence-electron chi connectivity index (χ2n) is 15.0. The SMILES string of the molecule is CC1(C)c2ccccc2-c2ccc(-c3cccc(-n4c5ccccc5c5c6c7ccccc7n(-c7ccc(-c8ccccc8)cc7)c6ccc54)c3)cc21. The van der Waals surface area contributed by atoms with Crippen molar-refractivity contribution >= 4 is 43.6 Å². The number of hydrogen-bond acceptors (Lipinski definition) is 0. The number of aromatic nitrogens is 2. The molecule has 0 saturated carbocycles. The minimum absolute atomic E-state index is 0.0408. The summed E-state index contributed by atoms with van der Waals surface area (Å²) >= 11 is 0. The lowest BCUT2D eigenvalue weighted by molar-refractivity contribution is 0.660. The lowest BCUT2D eigenvalue weighted by atomic mass is 9.81. The number of hydrogen-bond donors (Lipinski definition) is 0. The van der Waals surface area contributed by atoms with Crippen molar-refractivity contribution in [1.82, 2.24) is 9.13 Å². The van der Waals surface area contributed by atoms with E-state index >= 15 is 0 Å². The summed E-state index contributed by atoms with van der Waals surface area (Å²) in [5.74, 6) is 0. The van der Waals surface area contributed by atoms with Crippen LogP contribution in [0.4, 0.5) is 0 Å². The first-order chi connectivity index (χ1) is 26.1. The second kappa shape index (κ2) is 11.2. The smallest absolute Gasteiger partial charge is 0.0548 e. The first-order valence-electron chi connectivity index (χ1n) is 18.5. The molecule has 0 amide bonds. The second-order valence-corrected chi connectivity index (χ2v) is 15.0. The predicted octanol–water partition coefficient (Wildman–Crippen LogP) is 13.5. The molecule has 0 aliphatic heterocycles. The van der Waals surface area contributed by atoms with E-state index < -0.39 is 0 Å². The molecule has 8 aromatic carbocycles. The topological polar surface area (TPSA) is 9.86 Å². The third kappa shape index (κ3) is 4.33. The van der Waals surface area contributed by atoms with Gasteiger partial charge in [0.15, 0.2) is 0 Å². The average molecular weight is 677 g/mol. The van der Waals surface area contributed by atoms with Crippen LogP contribution in [0.1, 0.15) is 25.0 Å². The van der Waals surface area contributed by atoms with Gasteiger partial charge in [0.25, 0.3) is 0 Å². The summed E-state index contributed by atoms with van der Waals surface area (Å²) in [5, 5.41) is 5.10. The van der Waals surface area contributed by atoms with Crippen LogP contribution < -0.4 is 0 Å². The molecule has 2 aromatic heterocycles. The van der Waals surface area contributed by atoms with Crippen LogP contribution in [0.25, 0.3) is 88.4 Å². The third-order valence-corrected chi connectivity index (χ3v) is 11.7. The molecular formula is C51H36N2. The predicted molar refractivity (Wildman–Crippen MR) is 224 cm³/mol. The molecule has 250 valence electrons. The molecule has 0 bridgehead atoms. The maximum atomic E-state index is 2.46. The van der Waals surface area contributed by atoms with Gasteiger partial charge in [-0.15, -0.1) is 0 Å². The average Bonchev–Trinajstić information content (AvgIpc) is 3.81. The Kier molecular flexibility index (Phi) is 6.33. The molecule has 53 heavy (non-hydrogen) atoms. The van der Waals surface area contributed by atoms with Gasteiger partial charge in [-0.1, -0.05) is 141 Å². The Balaban J connectivity index is 1.10. The quantitative estimate of drug-likeness (QED) is 0.176. The fourth-order valence-corrected chi connectivity index (χ4v) is 9.22. The van der Waals surface area contributed by atoms with Crippen molar-refractivity contribution in [2.75, 3.05) is 0 Å². The molecule has 0 atom stereocenters. The van der Waals surface area contributed by atoms with E-state index in [1.165, 1.54) is 88.1 Å². The van der Waals surface area contributed by atoms with Crippen LogP contribution in [0.2, 0.25) is 0 Å². The molecule has 0 saturated heterocycles. The number of rotatable bonds is 4. The lowest BCUT2D eigenvalue weighted by Crippen LogP contribution is -2.14. The van der Waals surface area contributed by atoms with Gasteiger partial charge in [-0.25, -0.2) is 0 Å². The van der Waals surface area contributed by atoms with Gasteiger partial charge in [-0.05, 0) is 99.1 Å². The van der Waals surface area contributed by atoms with E-state index in [1.807, 2.05) is 0 Å². The Morgan fingerprint density at radius 3 is 1.58 bits per heavy atom. The zero-order valence-corrected chi connectivity index (χ0v) is 29.7. The Hall–Kier alpha value is -6.64. The van der Waals surface area contributed by atoms with Crippen LogP contribution in [0.3, 0.4) is 0 Å². The van der Waals surface area contributed by atoms with Gasteiger partial charge in [0, 0.05) is 38.3 Å². The van der Waals surface area contributed by atoms with Gasteiger partial charge in [0.1, 0.15) is 0 Å². The number of benzene rings is 8. The van der Waals surface area contributed by atoms with Crippen LogP contribution >= 0.6 is 0 Å². The van der Waals surface area contributed by atoms with Crippen molar-refractivity contribution in [3.05, 3.63) is 193 Å². The fourth-order valence-electron chi connectivity index (χ4n) is 9.22. The van der Waals surface area contributed by atoms with E-state index in [0.29, 0.717) is 0 Å². The maximum Gasteiger partial charge on any atom is 0.0548 e. The van der Waals surface area contributed by atoms with Crippen LogP contribution in [0.15, 0.2) is 182 Å². The number of fused-ring (bicyclic) bond motifs is 10. The third-order valence-electron chi connectivity index (χ3n) is 11.7. The van der Waals surface area contributed by atoms with Gasteiger partial charge >= 0.3 is 0 Å². The molecule has 2 heterocycles. The highest BCUT2D eigenvalue weighted by Gasteiger charge is 2.35. The summed E-state index contributed by atoms with van der Waals surface area (Å²) in [5.41, 5.74) is 17.5. The van der Waals surface area contributed by atoms with Crippen LogP contribution in [0, 0.1) is 0 Å². The van der Waals surface area contributed by atoms with Gasteiger partial charge < -0.3 is 9.13 Å². The fraction of sp³-hybridized carbons (Fsp3) is 0.0588. The van der Waals surface area contributed by atoms with Crippen molar-refractivity contribution in [2.45, 2.75) is 19.3 Å².